The van der Waals surface area contributed by atoms with Crippen molar-refractivity contribution in [3.63, 3.8) is 0 Å². The lowest BCUT2D eigenvalue weighted by Crippen LogP contribution is -2.43. The highest BCUT2D eigenvalue weighted by Gasteiger charge is 2.38. The number of nitrogens with zero attached hydrogens (tertiary/aromatic N) is 6. The monoisotopic (exact) mass is 282 g/mol. The zero-order chi connectivity index (χ0) is 14.6. The first-order valence-corrected chi connectivity index (χ1v) is 6.84. The van der Waals surface area contributed by atoms with Crippen LogP contribution in [0.25, 0.3) is 0 Å². The van der Waals surface area contributed by atoms with Gasteiger partial charge in [0.25, 0.3) is 0 Å². The summed E-state index contributed by atoms with van der Waals surface area (Å²) in [6, 6.07) is 0. The van der Waals surface area contributed by atoms with E-state index in [-0.39, 0.29) is 5.91 Å². The second-order valence-electron chi connectivity index (χ2n) is 5.70. The van der Waals surface area contributed by atoms with Gasteiger partial charge >= 0.3 is 0 Å². The molecular formula is C12H22N6O2. The fourth-order valence-corrected chi connectivity index (χ4v) is 2.62. The Morgan fingerprint density at radius 2 is 2.30 bits per heavy atom. The molecule has 8 nitrogen and oxygen atoms in total. The van der Waals surface area contributed by atoms with Crippen LogP contribution in [0.2, 0.25) is 0 Å². The summed E-state index contributed by atoms with van der Waals surface area (Å²) in [5, 5.41) is 21.2. The Labute approximate surface area is 118 Å². The van der Waals surface area contributed by atoms with E-state index in [0.717, 1.165) is 0 Å². The topological polar surface area (TPSA) is 87.4 Å². The predicted octanol–water partition coefficient (Wildman–Crippen LogP) is -1.02. The number of hydrogen-bond donors (Lipinski definition) is 1. The van der Waals surface area contributed by atoms with Crippen molar-refractivity contribution in [1.29, 1.82) is 0 Å². The van der Waals surface area contributed by atoms with Gasteiger partial charge in [-0.15, -0.1) is 5.10 Å². The quantitative estimate of drug-likeness (QED) is 0.718. The molecule has 0 spiro atoms. The lowest BCUT2D eigenvalue weighted by atomic mass is 10.0. The molecule has 20 heavy (non-hydrogen) atoms. The first kappa shape index (κ1) is 14.9. The lowest BCUT2D eigenvalue weighted by Gasteiger charge is -2.26. The number of aromatic nitrogens is 4. The van der Waals surface area contributed by atoms with Gasteiger partial charge in [0.15, 0.2) is 0 Å². The molecule has 2 heterocycles. The van der Waals surface area contributed by atoms with Gasteiger partial charge in [0.2, 0.25) is 5.91 Å². The third-order valence-electron chi connectivity index (χ3n) is 3.46. The summed E-state index contributed by atoms with van der Waals surface area (Å²) in [5.41, 5.74) is -0.769. The molecule has 1 atom stereocenters. The first-order chi connectivity index (χ1) is 9.48. The number of aryl methyl sites for hydroxylation is 1. The summed E-state index contributed by atoms with van der Waals surface area (Å²) in [7, 11) is 3.85. The van der Waals surface area contributed by atoms with Crippen molar-refractivity contribution in [2.45, 2.75) is 31.4 Å². The Balaban J connectivity index is 1.74. The molecule has 0 saturated carbocycles. The standard InChI is InChI=1S/C12H22N6O2/c1-16(2)8-12(20)5-7-17(9-12)11(19)4-3-6-18-10-13-14-15-18/h10,20H,3-9H2,1-2H3/t12-/m0/s1. The van der Waals surface area contributed by atoms with E-state index in [1.165, 1.54) is 6.33 Å². The average molecular weight is 282 g/mol. The number of hydrogen-bond acceptors (Lipinski definition) is 6. The van der Waals surface area contributed by atoms with Crippen LogP contribution in [0.4, 0.5) is 0 Å². The van der Waals surface area contributed by atoms with E-state index in [0.29, 0.717) is 45.4 Å². The van der Waals surface area contributed by atoms with Gasteiger partial charge in [-0.2, -0.15) is 0 Å². The van der Waals surface area contributed by atoms with Crippen molar-refractivity contribution in [3.8, 4) is 0 Å². The summed E-state index contributed by atoms with van der Waals surface area (Å²) < 4.78 is 1.61. The van der Waals surface area contributed by atoms with Crippen molar-refractivity contribution < 1.29 is 9.90 Å². The van der Waals surface area contributed by atoms with Crippen LogP contribution in [0.1, 0.15) is 19.3 Å². The zero-order valence-corrected chi connectivity index (χ0v) is 12.1. The maximum atomic E-state index is 12.1. The third kappa shape index (κ3) is 3.97. The van der Waals surface area contributed by atoms with Crippen LogP contribution in [-0.4, -0.2) is 80.4 Å². The second kappa shape index (κ2) is 6.27. The highest BCUT2D eigenvalue weighted by Crippen LogP contribution is 2.22. The van der Waals surface area contributed by atoms with E-state index in [1.54, 1.807) is 9.58 Å². The van der Waals surface area contributed by atoms with Crippen LogP contribution in [0.3, 0.4) is 0 Å². The normalized spacial score (nSPS) is 22.7. The minimum absolute atomic E-state index is 0.0905. The van der Waals surface area contributed by atoms with Gasteiger partial charge in [-0.25, -0.2) is 4.68 Å². The predicted molar refractivity (Wildman–Crippen MR) is 71.8 cm³/mol. The molecule has 1 amide bonds. The fraction of sp³-hybridized carbons (Fsp3) is 0.833. The van der Waals surface area contributed by atoms with E-state index in [4.69, 9.17) is 0 Å². The maximum absolute atomic E-state index is 12.1. The highest BCUT2D eigenvalue weighted by molar-refractivity contribution is 5.76. The van der Waals surface area contributed by atoms with Gasteiger partial charge in [0.05, 0.1) is 12.1 Å². The van der Waals surface area contributed by atoms with Gasteiger partial charge in [-0.1, -0.05) is 0 Å². The number of likely N-dealkylation sites (tertiary alicyclic amines) is 1. The number of aliphatic hydroxyl groups is 1. The van der Waals surface area contributed by atoms with Crippen molar-refractivity contribution in [3.05, 3.63) is 6.33 Å². The molecule has 1 aliphatic rings. The molecule has 1 aromatic rings. The van der Waals surface area contributed by atoms with Gasteiger partial charge in [-0.3, -0.25) is 4.79 Å². The van der Waals surface area contributed by atoms with Gasteiger partial charge in [0.1, 0.15) is 6.33 Å². The van der Waals surface area contributed by atoms with Crippen LogP contribution in [0.15, 0.2) is 6.33 Å². The van der Waals surface area contributed by atoms with Crippen LogP contribution >= 0.6 is 0 Å². The van der Waals surface area contributed by atoms with Crippen molar-refractivity contribution in [1.82, 2.24) is 30.0 Å². The molecule has 1 N–H and O–H groups in total. The minimum atomic E-state index is -0.769. The molecule has 0 bridgehead atoms. The smallest absolute Gasteiger partial charge is 0.222 e. The minimum Gasteiger partial charge on any atom is -0.387 e. The Hall–Kier alpha value is -1.54. The highest BCUT2D eigenvalue weighted by atomic mass is 16.3. The molecule has 8 heteroatoms. The largest absolute Gasteiger partial charge is 0.387 e. The second-order valence-corrected chi connectivity index (χ2v) is 5.70. The van der Waals surface area contributed by atoms with Crippen LogP contribution in [0.5, 0.6) is 0 Å². The Kier molecular flexibility index (Phi) is 4.66. The molecule has 0 radical (unpaired) electrons. The van der Waals surface area contributed by atoms with Crippen molar-refractivity contribution >= 4 is 5.91 Å². The van der Waals surface area contributed by atoms with Gasteiger partial charge in [-0.05, 0) is 37.4 Å². The lowest BCUT2D eigenvalue weighted by molar-refractivity contribution is -0.131. The molecule has 1 fully saturated rings. The number of rotatable bonds is 6. The summed E-state index contributed by atoms with van der Waals surface area (Å²) in [5.74, 6) is 0.0905. The molecule has 1 aliphatic heterocycles. The molecular weight excluding hydrogens is 260 g/mol. The molecule has 112 valence electrons. The van der Waals surface area contributed by atoms with E-state index >= 15 is 0 Å². The van der Waals surface area contributed by atoms with Crippen LogP contribution in [0, 0.1) is 0 Å². The Morgan fingerprint density at radius 1 is 1.50 bits per heavy atom. The number of carbonyl (C=O) groups excluding carboxylic acids is 1. The van der Waals surface area contributed by atoms with Crippen LogP contribution in [-0.2, 0) is 11.3 Å². The molecule has 1 saturated heterocycles. The van der Waals surface area contributed by atoms with Crippen molar-refractivity contribution in [2.24, 2.45) is 0 Å². The first-order valence-electron chi connectivity index (χ1n) is 6.84. The van der Waals surface area contributed by atoms with Crippen molar-refractivity contribution in [2.75, 3.05) is 33.7 Å². The zero-order valence-electron chi connectivity index (χ0n) is 12.1. The van der Waals surface area contributed by atoms with E-state index in [9.17, 15) is 9.90 Å². The number of tetrazole rings is 1. The van der Waals surface area contributed by atoms with Gasteiger partial charge < -0.3 is 14.9 Å². The molecule has 0 unspecified atom stereocenters. The summed E-state index contributed by atoms with van der Waals surface area (Å²) in [6.45, 7) is 2.28. The molecule has 0 aliphatic carbocycles. The third-order valence-corrected chi connectivity index (χ3v) is 3.46. The Morgan fingerprint density at radius 3 is 2.95 bits per heavy atom. The van der Waals surface area contributed by atoms with Gasteiger partial charge in [0, 0.05) is 26.1 Å². The number of β-amino-alcohol motifs (C(OH)–C–C–N with tert-alkyl or cyclic N) is 1. The molecule has 0 aromatic carbocycles. The summed E-state index contributed by atoms with van der Waals surface area (Å²) >= 11 is 0. The number of amides is 1. The van der Waals surface area contributed by atoms with E-state index < -0.39 is 5.60 Å². The van der Waals surface area contributed by atoms with Crippen LogP contribution < -0.4 is 0 Å². The summed E-state index contributed by atoms with van der Waals surface area (Å²) in [6.07, 6.45) is 3.34. The van der Waals surface area contributed by atoms with E-state index in [2.05, 4.69) is 15.5 Å². The SMILES string of the molecule is CN(C)C[C@@]1(O)CCN(C(=O)CCCn2cnnn2)C1. The maximum Gasteiger partial charge on any atom is 0.222 e. The van der Waals surface area contributed by atoms with E-state index in [1.807, 2.05) is 19.0 Å². The average Bonchev–Trinajstić information content (AvgIpc) is 2.98. The number of likely N-dealkylation sites (N-methyl/N-ethyl adjacent to an activating group) is 1. The number of carbonyl (C=O) groups is 1. The molecule has 1 aromatic heterocycles. The Bertz CT molecular complexity index is 435. The fourth-order valence-electron chi connectivity index (χ4n) is 2.62. The molecule has 2 rings (SSSR count). The summed E-state index contributed by atoms with van der Waals surface area (Å²) in [4.78, 5) is 15.8.